The molecule has 1 unspecified atom stereocenters. The van der Waals surface area contributed by atoms with Gasteiger partial charge in [0.2, 0.25) is 11.8 Å². The molecule has 1 aromatic heterocycles. The maximum absolute atomic E-state index is 11.8. The number of fused-ring (bicyclic) bond motifs is 1. The second-order valence-corrected chi connectivity index (χ2v) is 5.53. The number of para-hydroxylation sites is 1. The van der Waals surface area contributed by atoms with Crippen LogP contribution in [0.4, 0.5) is 0 Å². The predicted molar refractivity (Wildman–Crippen MR) is 82.7 cm³/mol. The van der Waals surface area contributed by atoms with Crippen molar-refractivity contribution in [3.8, 4) is 5.88 Å². The quantitative estimate of drug-likeness (QED) is 0.816. The molecule has 2 aromatic rings. The highest BCUT2D eigenvalue weighted by Gasteiger charge is 2.27. The zero-order valence-corrected chi connectivity index (χ0v) is 12.4. The van der Waals surface area contributed by atoms with Gasteiger partial charge < -0.3 is 9.64 Å². The number of amides is 1. The van der Waals surface area contributed by atoms with Gasteiger partial charge in [-0.25, -0.2) is 4.98 Å². The van der Waals surface area contributed by atoms with Crippen molar-refractivity contribution in [3.63, 3.8) is 0 Å². The van der Waals surface area contributed by atoms with Crippen molar-refractivity contribution in [2.24, 2.45) is 0 Å². The van der Waals surface area contributed by atoms with E-state index < -0.39 is 0 Å². The summed E-state index contributed by atoms with van der Waals surface area (Å²) in [6.45, 7) is 1.35. The van der Waals surface area contributed by atoms with Crippen LogP contribution in [0, 0.1) is 0 Å². The van der Waals surface area contributed by atoms with Gasteiger partial charge in [-0.15, -0.1) is 11.6 Å². The third-order valence-electron chi connectivity index (χ3n) is 3.67. The van der Waals surface area contributed by atoms with E-state index in [0.29, 0.717) is 24.7 Å². The summed E-state index contributed by atoms with van der Waals surface area (Å²) < 4.78 is 5.90. The van der Waals surface area contributed by atoms with E-state index in [4.69, 9.17) is 16.3 Å². The first-order valence-electron chi connectivity index (χ1n) is 7.12. The number of alkyl halides is 1. The maximum atomic E-state index is 11.8. The summed E-state index contributed by atoms with van der Waals surface area (Å²) in [6.07, 6.45) is 1.24. The minimum Gasteiger partial charge on any atom is -0.472 e. The third-order valence-corrected chi connectivity index (χ3v) is 3.86. The first-order chi connectivity index (χ1) is 10.3. The molecule has 21 heavy (non-hydrogen) atoms. The van der Waals surface area contributed by atoms with E-state index in [1.54, 1.807) is 0 Å². The summed E-state index contributed by atoms with van der Waals surface area (Å²) in [5, 5.41) is 1.09. The molecule has 1 saturated heterocycles. The van der Waals surface area contributed by atoms with Crippen LogP contribution in [0.15, 0.2) is 36.4 Å². The molecule has 0 bridgehead atoms. The van der Waals surface area contributed by atoms with Gasteiger partial charge in [0.15, 0.2) is 0 Å². The normalized spacial score (nSPS) is 18.1. The van der Waals surface area contributed by atoms with E-state index in [-0.39, 0.29) is 12.0 Å². The van der Waals surface area contributed by atoms with Gasteiger partial charge in [-0.3, -0.25) is 4.79 Å². The van der Waals surface area contributed by atoms with Crippen LogP contribution in [0.2, 0.25) is 0 Å². The van der Waals surface area contributed by atoms with Crippen LogP contribution >= 0.6 is 11.6 Å². The van der Waals surface area contributed by atoms with Gasteiger partial charge in [0.05, 0.1) is 12.1 Å². The van der Waals surface area contributed by atoms with Gasteiger partial charge in [-0.05, 0) is 12.1 Å². The highest BCUT2D eigenvalue weighted by Crippen LogP contribution is 2.20. The molecule has 0 N–H and O–H groups in total. The molecular formula is C16H17ClN2O2. The first kappa shape index (κ1) is 14.1. The minimum atomic E-state index is 0.0120. The number of pyridine rings is 1. The SMILES string of the molecule is O=C(CCCl)N1CCC(Oc2ccc3ccccc3n2)C1. The summed E-state index contributed by atoms with van der Waals surface area (Å²) in [4.78, 5) is 18.1. The largest absolute Gasteiger partial charge is 0.472 e. The minimum absolute atomic E-state index is 0.0120. The second kappa shape index (κ2) is 6.31. The van der Waals surface area contributed by atoms with Gasteiger partial charge in [-0.1, -0.05) is 18.2 Å². The predicted octanol–water partition coefficient (Wildman–Crippen LogP) is 2.84. The average molecular weight is 305 g/mol. The topological polar surface area (TPSA) is 42.4 Å². The number of halogens is 1. The van der Waals surface area contributed by atoms with Crippen molar-refractivity contribution in [2.45, 2.75) is 18.9 Å². The molecule has 2 heterocycles. The van der Waals surface area contributed by atoms with Crippen LogP contribution in [0.25, 0.3) is 10.9 Å². The standard InChI is InChI=1S/C16H17ClN2O2/c17-9-7-16(20)19-10-8-13(11-19)21-15-6-5-12-3-1-2-4-14(12)18-15/h1-6,13H,7-11H2. The van der Waals surface area contributed by atoms with Gasteiger partial charge in [0, 0.05) is 36.7 Å². The van der Waals surface area contributed by atoms with Crippen molar-refractivity contribution >= 4 is 28.4 Å². The molecule has 3 rings (SSSR count). The fourth-order valence-corrected chi connectivity index (χ4v) is 2.74. The third kappa shape index (κ3) is 3.27. The Hall–Kier alpha value is -1.81. The second-order valence-electron chi connectivity index (χ2n) is 5.15. The fourth-order valence-electron chi connectivity index (χ4n) is 2.57. The van der Waals surface area contributed by atoms with E-state index in [9.17, 15) is 4.79 Å². The van der Waals surface area contributed by atoms with Crippen LogP contribution in [-0.4, -0.2) is 40.9 Å². The lowest BCUT2D eigenvalue weighted by Crippen LogP contribution is -2.31. The van der Waals surface area contributed by atoms with E-state index in [0.717, 1.165) is 23.9 Å². The van der Waals surface area contributed by atoms with Crippen molar-refractivity contribution in [2.75, 3.05) is 19.0 Å². The summed E-state index contributed by atoms with van der Waals surface area (Å²) in [7, 11) is 0. The Labute approximate surface area is 128 Å². The van der Waals surface area contributed by atoms with E-state index in [1.165, 1.54) is 0 Å². The molecule has 0 aliphatic carbocycles. The zero-order valence-electron chi connectivity index (χ0n) is 11.7. The lowest BCUT2D eigenvalue weighted by Gasteiger charge is -2.16. The van der Waals surface area contributed by atoms with E-state index >= 15 is 0 Å². The maximum Gasteiger partial charge on any atom is 0.223 e. The van der Waals surface area contributed by atoms with Crippen LogP contribution in [0.1, 0.15) is 12.8 Å². The van der Waals surface area contributed by atoms with E-state index in [2.05, 4.69) is 4.98 Å². The summed E-state index contributed by atoms with van der Waals surface area (Å²) >= 11 is 5.61. The molecule has 1 aliphatic heterocycles. The number of likely N-dealkylation sites (tertiary alicyclic amines) is 1. The smallest absolute Gasteiger partial charge is 0.223 e. The summed E-state index contributed by atoms with van der Waals surface area (Å²) in [5.74, 6) is 1.08. The monoisotopic (exact) mass is 304 g/mol. The molecule has 1 aliphatic rings. The number of nitrogens with zero attached hydrogens (tertiary/aromatic N) is 2. The lowest BCUT2D eigenvalue weighted by atomic mass is 10.2. The molecule has 110 valence electrons. The number of aromatic nitrogens is 1. The number of carbonyl (C=O) groups is 1. The Morgan fingerprint density at radius 3 is 3.05 bits per heavy atom. The van der Waals surface area contributed by atoms with Crippen molar-refractivity contribution in [1.29, 1.82) is 0 Å². The molecule has 5 heteroatoms. The molecule has 0 spiro atoms. The molecular weight excluding hydrogens is 288 g/mol. The highest BCUT2D eigenvalue weighted by molar-refractivity contribution is 6.18. The van der Waals surface area contributed by atoms with Crippen LogP contribution in [-0.2, 0) is 4.79 Å². The molecule has 1 amide bonds. The number of hydrogen-bond acceptors (Lipinski definition) is 3. The molecule has 0 saturated carbocycles. The molecule has 1 atom stereocenters. The summed E-state index contributed by atoms with van der Waals surface area (Å²) in [5.41, 5.74) is 0.920. The van der Waals surface area contributed by atoms with Crippen molar-refractivity contribution < 1.29 is 9.53 Å². The van der Waals surface area contributed by atoms with Crippen LogP contribution in [0.3, 0.4) is 0 Å². The Kier molecular flexibility index (Phi) is 4.25. The van der Waals surface area contributed by atoms with Crippen molar-refractivity contribution in [3.05, 3.63) is 36.4 Å². The Morgan fingerprint density at radius 1 is 1.33 bits per heavy atom. The zero-order chi connectivity index (χ0) is 14.7. The Morgan fingerprint density at radius 2 is 2.19 bits per heavy atom. The fraction of sp³-hybridized carbons (Fsp3) is 0.375. The number of benzene rings is 1. The number of rotatable bonds is 4. The Bertz CT molecular complexity index is 647. The van der Waals surface area contributed by atoms with Gasteiger partial charge in [0.1, 0.15) is 6.10 Å². The van der Waals surface area contributed by atoms with Crippen LogP contribution < -0.4 is 4.74 Å². The van der Waals surface area contributed by atoms with E-state index in [1.807, 2.05) is 41.3 Å². The Balaban J connectivity index is 1.65. The van der Waals surface area contributed by atoms with Crippen LogP contribution in [0.5, 0.6) is 5.88 Å². The molecule has 0 radical (unpaired) electrons. The first-order valence-corrected chi connectivity index (χ1v) is 7.66. The molecule has 1 aromatic carbocycles. The number of ether oxygens (including phenoxy) is 1. The van der Waals surface area contributed by atoms with Crippen molar-refractivity contribution in [1.82, 2.24) is 9.88 Å². The molecule has 4 nitrogen and oxygen atoms in total. The highest BCUT2D eigenvalue weighted by atomic mass is 35.5. The summed E-state index contributed by atoms with van der Waals surface area (Å²) in [6, 6.07) is 11.8. The lowest BCUT2D eigenvalue weighted by molar-refractivity contribution is -0.130. The number of carbonyl (C=O) groups excluding carboxylic acids is 1. The van der Waals surface area contributed by atoms with Gasteiger partial charge in [0.25, 0.3) is 0 Å². The average Bonchev–Trinajstić information content (AvgIpc) is 2.96. The van der Waals surface area contributed by atoms with Gasteiger partial charge in [-0.2, -0.15) is 0 Å². The molecule has 1 fully saturated rings. The van der Waals surface area contributed by atoms with Gasteiger partial charge >= 0.3 is 0 Å². The number of hydrogen-bond donors (Lipinski definition) is 0.